The van der Waals surface area contributed by atoms with Gasteiger partial charge in [-0.25, -0.2) is 0 Å². The molecule has 0 amide bonds. The van der Waals surface area contributed by atoms with Gasteiger partial charge >= 0.3 is 0 Å². The topological polar surface area (TPSA) is 30.0 Å². The van der Waals surface area contributed by atoms with Crippen molar-refractivity contribution < 1.29 is 4.79 Å². The molecule has 1 aliphatic carbocycles. The standard InChI is InChI=1S/C18H21NO/c20-18(11-8-14-5-2-1-3-6-14)16-10-9-15-7-4-12-19-17(15)13-16/h4,7,9-10,12-14H,1-3,5-6,8,11H2. The van der Waals surface area contributed by atoms with Gasteiger partial charge in [0.25, 0.3) is 0 Å². The molecule has 0 radical (unpaired) electrons. The first kappa shape index (κ1) is 13.3. The van der Waals surface area contributed by atoms with E-state index in [1.807, 2.05) is 30.3 Å². The highest BCUT2D eigenvalue weighted by molar-refractivity contribution is 5.99. The van der Waals surface area contributed by atoms with E-state index in [0.29, 0.717) is 6.42 Å². The molecule has 0 aliphatic heterocycles. The van der Waals surface area contributed by atoms with E-state index < -0.39 is 0 Å². The van der Waals surface area contributed by atoms with Crippen LogP contribution in [0.1, 0.15) is 55.3 Å². The van der Waals surface area contributed by atoms with Crippen LogP contribution in [0.3, 0.4) is 0 Å². The predicted octanol–water partition coefficient (Wildman–Crippen LogP) is 4.78. The second-order valence-electron chi connectivity index (χ2n) is 5.88. The molecule has 1 aliphatic rings. The average molecular weight is 267 g/mol. The number of hydrogen-bond donors (Lipinski definition) is 0. The third-order valence-corrected chi connectivity index (χ3v) is 4.43. The zero-order valence-corrected chi connectivity index (χ0v) is 11.8. The first-order valence-electron chi connectivity index (χ1n) is 7.71. The van der Waals surface area contributed by atoms with Crippen LogP contribution in [0.4, 0.5) is 0 Å². The van der Waals surface area contributed by atoms with Crippen molar-refractivity contribution in [3.8, 4) is 0 Å². The molecule has 0 bridgehead atoms. The lowest BCUT2D eigenvalue weighted by Crippen LogP contribution is -2.09. The summed E-state index contributed by atoms with van der Waals surface area (Å²) in [5.74, 6) is 1.04. The molecule has 104 valence electrons. The number of aromatic nitrogens is 1. The molecule has 3 rings (SSSR count). The van der Waals surface area contributed by atoms with Gasteiger partial charge in [0, 0.05) is 23.6 Å². The predicted molar refractivity (Wildman–Crippen MR) is 81.9 cm³/mol. The molecule has 0 N–H and O–H groups in total. The molecular formula is C18H21NO. The minimum Gasteiger partial charge on any atom is -0.294 e. The van der Waals surface area contributed by atoms with E-state index in [1.165, 1.54) is 32.1 Å². The Morgan fingerprint density at radius 2 is 2.00 bits per heavy atom. The maximum Gasteiger partial charge on any atom is 0.162 e. The van der Waals surface area contributed by atoms with Crippen LogP contribution in [0.25, 0.3) is 10.9 Å². The van der Waals surface area contributed by atoms with Crippen LogP contribution in [-0.4, -0.2) is 10.8 Å². The van der Waals surface area contributed by atoms with E-state index in [2.05, 4.69) is 4.98 Å². The van der Waals surface area contributed by atoms with Gasteiger partial charge in [-0.3, -0.25) is 9.78 Å². The summed E-state index contributed by atoms with van der Waals surface area (Å²) in [5.41, 5.74) is 1.73. The van der Waals surface area contributed by atoms with Gasteiger partial charge in [0.15, 0.2) is 5.78 Å². The smallest absolute Gasteiger partial charge is 0.162 e. The van der Waals surface area contributed by atoms with Crippen molar-refractivity contribution in [3.63, 3.8) is 0 Å². The van der Waals surface area contributed by atoms with Crippen LogP contribution >= 0.6 is 0 Å². The number of pyridine rings is 1. The molecule has 1 heterocycles. The first-order valence-corrected chi connectivity index (χ1v) is 7.71. The van der Waals surface area contributed by atoms with E-state index in [1.54, 1.807) is 6.20 Å². The summed E-state index contributed by atoms with van der Waals surface area (Å²) >= 11 is 0. The summed E-state index contributed by atoms with van der Waals surface area (Å²) in [6.45, 7) is 0. The van der Waals surface area contributed by atoms with E-state index in [-0.39, 0.29) is 5.78 Å². The fourth-order valence-corrected chi connectivity index (χ4v) is 3.20. The summed E-state index contributed by atoms with van der Waals surface area (Å²) in [6, 6.07) is 9.81. The minimum atomic E-state index is 0.267. The highest BCUT2D eigenvalue weighted by Crippen LogP contribution is 2.28. The van der Waals surface area contributed by atoms with Gasteiger partial charge in [-0.1, -0.05) is 50.3 Å². The van der Waals surface area contributed by atoms with Crippen molar-refractivity contribution >= 4 is 16.7 Å². The number of nitrogens with zero attached hydrogens (tertiary/aromatic N) is 1. The van der Waals surface area contributed by atoms with Gasteiger partial charge in [0.2, 0.25) is 0 Å². The largest absolute Gasteiger partial charge is 0.294 e. The quantitative estimate of drug-likeness (QED) is 0.746. The zero-order chi connectivity index (χ0) is 13.8. The van der Waals surface area contributed by atoms with Gasteiger partial charge in [-0.15, -0.1) is 0 Å². The Morgan fingerprint density at radius 1 is 1.15 bits per heavy atom. The lowest BCUT2D eigenvalue weighted by atomic mass is 9.85. The molecule has 1 fully saturated rings. The van der Waals surface area contributed by atoms with Crippen molar-refractivity contribution in [1.29, 1.82) is 0 Å². The number of rotatable bonds is 4. The Balaban J connectivity index is 1.65. The molecule has 20 heavy (non-hydrogen) atoms. The monoisotopic (exact) mass is 267 g/mol. The molecule has 0 saturated heterocycles. The molecule has 1 aromatic heterocycles. The number of Topliss-reactive ketones (excluding diaryl/α,β-unsaturated/α-hetero) is 1. The molecule has 2 heteroatoms. The number of carbonyl (C=O) groups excluding carboxylic acids is 1. The van der Waals surface area contributed by atoms with Crippen LogP contribution in [0.2, 0.25) is 0 Å². The molecule has 2 aromatic rings. The number of fused-ring (bicyclic) bond motifs is 1. The van der Waals surface area contributed by atoms with Crippen LogP contribution in [0.5, 0.6) is 0 Å². The van der Waals surface area contributed by atoms with Crippen molar-refractivity contribution in [1.82, 2.24) is 4.98 Å². The Morgan fingerprint density at radius 3 is 2.85 bits per heavy atom. The van der Waals surface area contributed by atoms with Crippen LogP contribution in [-0.2, 0) is 0 Å². The Hall–Kier alpha value is -1.70. The molecule has 0 atom stereocenters. The Bertz CT molecular complexity index is 599. The molecular weight excluding hydrogens is 246 g/mol. The molecule has 1 saturated carbocycles. The van der Waals surface area contributed by atoms with Gasteiger partial charge in [0.05, 0.1) is 5.52 Å². The minimum absolute atomic E-state index is 0.267. The average Bonchev–Trinajstić information content (AvgIpc) is 2.53. The van der Waals surface area contributed by atoms with Crippen molar-refractivity contribution in [2.24, 2.45) is 5.92 Å². The number of ketones is 1. The van der Waals surface area contributed by atoms with E-state index in [9.17, 15) is 4.79 Å². The van der Waals surface area contributed by atoms with Gasteiger partial charge < -0.3 is 0 Å². The molecule has 0 unspecified atom stereocenters. The summed E-state index contributed by atoms with van der Waals surface area (Å²) in [7, 11) is 0. The second kappa shape index (κ2) is 6.17. The van der Waals surface area contributed by atoms with Crippen LogP contribution in [0, 0.1) is 5.92 Å². The molecule has 0 spiro atoms. The third-order valence-electron chi connectivity index (χ3n) is 4.43. The number of hydrogen-bond acceptors (Lipinski definition) is 2. The SMILES string of the molecule is O=C(CCC1CCCCC1)c1ccc2cccnc2c1. The summed E-state index contributed by atoms with van der Waals surface area (Å²) in [5, 5.41) is 1.09. The van der Waals surface area contributed by atoms with E-state index in [0.717, 1.165) is 28.8 Å². The fraction of sp³-hybridized carbons (Fsp3) is 0.444. The Labute approximate surface area is 120 Å². The molecule has 2 nitrogen and oxygen atoms in total. The number of benzene rings is 1. The fourth-order valence-electron chi connectivity index (χ4n) is 3.20. The van der Waals surface area contributed by atoms with E-state index >= 15 is 0 Å². The summed E-state index contributed by atoms with van der Waals surface area (Å²) in [6.07, 6.45) is 10.2. The van der Waals surface area contributed by atoms with Gasteiger partial charge in [-0.05, 0) is 24.5 Å². The maximum atomic E-state index is 12.3. The van der Waals surface area contributed by atoms with Crippen LogP contribution in [0.15, 0.2) is 36.5 Å². The second-order valence-corrected chi connectivity index (χ2v) is 5.88. The third kappa shape index (κ3) is 3.06. The molecule has 1 aromatic carbocycles. The van der Waals surface area contributed by atoms with Crippen molar-refractivity contribution in [2.45, 2.75) is 44.9 Å². The highest BCUT2D eigenvalue weighted by atomic mass is 16.1. The maximum absolute atomic E-state index is 12.3. The lowest BCUT2D eigenvalue weighted by Gasteiger charge is -2.20. The van der Waals surface area contributed by atoms with Crippen molar-refractivity contribution in [2.75, 3.05) is 0 Å². The summed E-state index contributed by atoms with van der Waals surface area (Å²) in [4.78, 5) is 16.6. The lowest BCUT2D eigenvalue weighted by molar-refractivity contribution is 0.0970. The zero-order valence-electron chi connectivity index (χ0n) is 11.8. The first-order chi connectivity index (χ1) is 9.83. The van der Waals surface area contributed by atoms with Crippen LogP contribution < -0.4 is 0 Å². The van der Waals surface area contributed by atoms with Gasteiger partial charge in [-0.2, -0.15) is 0 Å². The number of carbonyl (C=O) groups is 1. The Kier molecular flexibility index (Phi) is 4.10. The van der Waals surface area contributed by atoms with E-state index in [4.69, 9.17) is 0 Å². The summed E-state index contributed by atoms with van der Waals surface area (Å²) < 4.78 is 0. The van der Waals surface area contributed by atoms with Crippen molar-refractivity contribution in [3.05, 3.63) is 42.1 Å². The normalized spacial score (nSPS) is 16.4. The van der Waals surface area contributed by atoms with Gasteiger partial charge in [0.1, 0.15) is 0 Å². The highest BCUT2D eigenvalue weighted by Gasteiger charge is 2.15.